The van der Waals surface area contributed by atoms with E-state index in [-0.39, 0.29) is 17.6 Å². The molecule has 0 radical (unpaired) electrons. The van der Waals surface area contributed by atoms with Crippen LogP contribution in [0.4, 0.5) is 10.5 Å². The molecule has 1 aliphatic carbocycles. The number of benzene rings is 1. The Labute approximate surface area is 152 Å². The third kappa shape index (κ3) is 2.86. The van der Waals surface area contributed by atoms with E-state index in [2.05, 4.69) is 0 Å². The SMILES string of the molecule is CCOC(=O)N1C(=O)C2(CCCCC2)N(c2ccc(OC)cc2)C1=S. The van der Waals surface area contributed by atoms with Gasteiger partial charge in [-0.3, -0.25) is 4.79 Å². The number of carbonyl (C=O) groups is 2. The summed E-state index contributed by atoms with van der Waals surface area (Å²) in [6.45, 7) is 1.90. The Kier molecular flexibility index (Phi) is 4.94. The maximum Gasteiger partial charge on any atom is 0.423 e. The van der Waals surface area contributed by atoms with Crippen molar-refractivity contribution in [2.45, 2.75) is 44.6 Å². The molecule has 2 amide bonds. The number of hydrogen-bond donors (Lipinski definition) is 0. The molecule has 0 aromatic heterocycles. The number of rotatable bonds is 3. The van der Waals surface area contributed by atoms with Crippen molar-refractivity contribution in [3.63, 3.8) is 0 Å². The highest BCUT2D eigenvalue weighted by Gasteiger charge is 2.58. The van der Waals surface area contributed by atoms with Crippen LogP contribution in [-0.4, -0.2) is 41.3 Å². The molecular weight excluding hydrogens is 340 g/mol. The fraction of sp³-hybridized carbons (Fsp3) is 0.500. The minimum Gasteiger partial charge on any atom is -0.497 e. The van der Waals surface area contributed by atoms with E-state index in [1.165, 1.54) is 0 Å². The van der Waals surface area contributed by atoms with Gasteiger partial charge in [-0.1, -0.05) is 19.3 Å². The molecule has 3 rings (SSSR count). The molecule has 1 spiro atoms. The summed E-state index contributed by atoms with van der Waals surface area (Å²) in [5, 5.41) is 0.190. The second-order valence-corrected chi connectivity index (χ2v) is 6.61. The zero-order chi connectivity index (χ0) is 18.0. The first-order chi connectivity index (χ1) is 12.0. The van der Waals surface area contributed by atoms with Gasteiger partial charge in [-0.25, -0.2) is 4.79 Å². The lowest BCUT2D eigenvalue weighted by molar-refractivity contribution is -0.130. The second kappa shape index (κ2) is 7.00. The average molecular weight is 362 g/mol. The average Bonchev–Trinajstić information content (AvgIpc) is 2.83. The molecule has 1 aliphatic heterocycles. The van der Waals surface area contributed by atoms with Crippen molar-refractivity contribution in [2.75, 3.05) is 18.6 Å². The predicted molar refractivity (Wildman–Crippen MR) is 97.8 cm³/mol. The van der Waals surface area contributed by atoms with Gasteiger partial charge in [0.15, 0.2) is 5.11 Å². The van der Waals surface area contributed by atoms with Gasteiger partial charge in [0.25, 0.3) is 5.91 Å². The van der Waals surface area contributed by atoms with E-state index in [0.717, 1.165) is 35.6 Å². The number of methoxy groups -OCH3 is 1. The molecule has 0 bridgehead atoms. The summed E-state index contributed by atoms with van der Waals surface area (Å²) in [6.07, 6.45) is 3.59. The number of imide groups is 1. The number of carbonyl (C=O) groups excluding carboxylic acids is 2. The van der Waals surface area contributed by atoms with Crippen molar-refractivity contribution in [1.82, 2.24) is 4.90 Å². The van der Waals surface area contributed by atoms with Crippen LogP contribution < -0.4 is 9.64 Å². The van der Waals surface area contributed by atoms with Crippen molar-refractivity contribution in [1.29, 1.82) is 0 Å². The fourth-order valence-corrected chi connectivity index (χ4v) is 4.12. The van der Waals surface area contributed by atoms with Crippen LogP contribution in [0, 0.1) is 0 Å². The molecule has 1 saturated heterocycles. The smallest absolute Gasteiger partial charge is 0.423 e. The van der Waals surface area contributed by atoms with Gasteiger partial charge in [-0.2, -0.15) is 4.90 Å². The van der Waals surface area contributed by atoms with E-state index in [1.54, 1.807) is 14.0 Å². The van der Waals surface area contributed by atoms with Gasteiger partial charge in [0.2, 0.25) is 0 Å². The number of hydrogen-bond acceptors (Lipinski definition) is 5. The molecule has 1 aromatic carbocycles. The first-order valence-corrected chi connectivity index (χ1v) is 8.95. The Bertz CT molecular complexity index is 683. The van der Waals surface area contributed by atoms with Crippen LogP contribution in [0.3, 0.4) is 0 Å². The Morgan fingerprint density at radius 1 is 1.20 bits per heavy atom. The summed E-state index contributed by atoms with van der Waals surface area (Å²) in [5.74, 6) is 0.451. The van der Waals surface area contributed by atoms with Crippen LogP contribution in [0.5, 0.6) is 5.75 Å². The third-order valence-electron chi connectivity index (χ3n) is 4.87. The molecule has 1 heterocycles. The highest BCUT2D eigenvalue weighted by Crippen LogP contribution is 2.43. The Balaban J connectivity index is 2.04. The lowest BCUT2D eigenvalue weighted by Gasteiger charge is -2.39. The van der Waals surface area contributed by atoms with Crippen LogP contribution in [0.25, 0.3) is 0 Å². The molecule has 0 unspecified atom stereocenters. The van der Waals surface area contributed by atoms with Crippen LogP contribution in [0.1, 0.15) is 39.0 Å². The maximum absolute atomic E-state index is 13.2. The number of thiocarbonyl (C=S) groups is 1. The fourth-order valence-electron chi connectivity index (χ4n) is 3.69. The minimum absolute atomic E-state index is 0.190. The van der Waals surface area contributed by atoms with Crippen LogP contribution in [0.15, 0.2) is 24.3 Å². The highest BCUT2D eigenvalue weighted by atomic mass is 32.1. The largest absolute Gasteiger partial charge is 0.497 e. The van der Waals surface area contributed by atoms with E-state index in [4.69, 9.17) is 21.7 Å². The van der Waals surface area contributed by atoms with Crippen molar-refractivity contribution in [2.24, 2.45) is 0 Å². The monoisotopic (exact) mass is 362 g/mol. The van der Waals surface area contributed by atoms with Crippen molar-refractivity contribution < 1.29 is 19.1 Å². The molecule has 25 heavy (non-hydrogen) atoms. The van der Waals surface area contributed by atoms with Gasteiger partial charge in [0.05, 0.1) is 13.7 Å². The van der Waals surface area contributed by atoms with Crippen LogP contribution in [-0.2, 0) is 9.53 Å². The predicted octanol–water partition coefficient (Wildman–Crippen LogP) is 3.49. The standard InChI is InChI=1S/C18H22N2O4S/c1-3-24-17(22)19-15(21)18(11-5-4-6-12-18)20(16(19)25)13-7-9-14(23-2)10-8-13/h7-10H,3-6,11-12H2,1-2H3. The Hall–Kier alpha value is -2.15. The zero-order valence-corrected chi connectivity index (χ0v) is 15.3. The van der Waals surface area contributed by atoms with Crippen LogP contribution >= 0.6 is 12.2 Å². The summed E-state index contributed by atoms with van der Waals surface area (Å²) in [4.78, 5) is 28.4. The first kappa shape index (κ1) is 17.7. The summed E-state index contributed by atoms with van der Waals surface area (Å²) in [7, 11) is 1.60. The molecule has 0 N–H and O–H groups in total. The normalized spacial score (nSPS) is 19.4. The van der Waals surface area contributed by atoms with E-state index in [0.29, 0.717) is 12.8 Å². The van der Waals surface area contributed by atoms with Crippen molar-refractivity contribution >= 4 is 35.0 Å². The minimum atomic E-state index is -0.795. The van der Waals surface area contributed by atoms with Gasteiger partial charge in [0.1, 0.15) is 11.3 Å². The lowest BCUT2D eigenvalue weighted by atomic mass is 9.80. The molecule has 2 fully saturated rings. The van der Waals surface area contributed by atoms with Crippen molar-refractivity contribution in [3.05, 3.63) is 24.3 Å². The van der Waals surface area contributed by atoms with Gasteiger partial charge >= 0.3 is 6.09 Å². The van der Waals surface area contributed by atoms with Gasteiger partial charge < -0.3 is 14.4 Å². The van der Waals surface area contributed by atoms with E-state index >= 15 is 0 Å². The molecule has 134 valence electrons. The van der Waals surface area contributed by atoms with E-state index in [1.807, 2.05) is 29.2 Å². The second-order valence-electron chi connectivity index (χ2n) is 6.25. The Morgan fingerprint density at radius 2 is 1.84 bits per heavy atom. The number of amides is 2. The molecule has 0 atom stereocenters. The maximum atomic E-state index is 13.2. The molecule has 6 nitrogen and oxygen atoms in total. The van der Waals surface area contributed by atoms with Gasteiger partial charge in [0, 0.05) is 5.69 Å². The Morgan fingerprint density at radius 3 is 2.40 bits per heavy atom. The topological polar surface area (TPSA) is 59.1 Å². The van der Waals surface area contributed by atoms with Gasteiger partial charge in [-0.15, -0.1) is 0 Å². The van der Waals surface area contributed by atoms with Crippen molar-refractivity contribution in [3.8, 4) is 5.75 Å². The lowest BCUT2D eigenvalue weighted by Crippen LogP contribution is -2.51. The number of ether oxygens (including phenoxy) is 2. The van der Waals surface area contributed by atoms with E-state index < -0.39 is 11.6 Å². The molecule has 1 saturated carbocycles. The van der Waals surface area contributed by atoms with Gasteiger partial charge in [-0.05, 0) is 56.2 Å². The quantitative estimate of drug-likeness (QED) is 0.767. The molecule has 7 heteroatoms. The summed E-state index contributed by atoms with van der Waals surface area (Å²) < 4.78 is 10.3. The molecule has 1 aromatic rings. The zero-order valence-electron chi connectivity index (χ0n) is 14.5. The molecule has 2 aliphatic rings. The third-order valence-corrected chi connectivity index (χ3v) is 5.24. The summed E-state index contributed by atoms with van der Waals surface area (Å²) in [5.41, 5.74) is -0.00991. The summed E-state index contributed by atoms with van der Waals surface area (Å²) in [6, 6.07) is 7.38. The highest BCUT2D eigenvalue weighted by molar-refractivity contribution is 7.80. The number of nitrogens with zero attached hydrogens (tertiary/aromatic N) is 2. The molecular formula is C18H22N2O4S. The first-order valence-electron chi connectivity index (χ1n) is 8.54. The van der Waals surface area contributed by atoms with E-state index in [9.17, 15) is 9.59 Å². The van der Waals surface area contributed by atoms with Crippen LogP contribution in [0.2, 0.25) is 0 Å². The number of anilines is 1. The summed E-state index contributed by atoms with van der Waals surface area (Å²) >= 11 is 5.53.